The van der Waals surface area contributed by atoms with Crippen LogP contribution in [0.25, 0.3) is 0 Å². The molecular weight excluding hydrogens is 178 g/mol. The first-order chi connectivity index (χ1) is 6.07. The third-order valence-electron chi connectivity index (χ3n) is 1.61. The van der Waals surface area contributed by atoms with Crippen LogP contribution in [0.5, 0.6) is 11.5 Å². The SMILES string of the molecule is COc1ccc(B(O)O)c(O)c1F. The van der Waals surface area contributed by atoms with Gasteiger partial charge >= 0.3 is 7.12 Å². The predicted octanol–water partition coefficient (Wildman–Crippen LogP) is -0.780. The second-order valence-corrected chi connectivity index (χ2v) is 2.39. The largest absolute Gasteiger partial charge is 0.505 e. The molecule has 0 saturated carbocycles. The number of rotatable bonds is 2. The summed E-state index contributed by atoms with van der Waals surface area (Å²) in [5, 5.41) is 26.5. The molecule has 0 bridgehead atoms. The number of ether oxygens (including phenoxy) is 1. The second-order valence-electron chi connectivity index (χ2n) is 2.39. The summed E-state index contributed by atoms with van der Waals surface area (Å²) in [5.41, 5.74) is -0.293. The highest BCUT2D eigenvalue weighted by Gasteiger charge is 2.21. The van der Waals surface area contributed by atoms with E-state index in [1.807, 2.05) is 0 Å². The van der Waals surface area contributed by atoms with Gasteiger partial charge in [0.2, 0.25) is 5.82 Å². The molecule has 0 aliphatic rings. The highest BCUT2D eigenvalue weighted by molar-refractivity contribution is 6.59. The minimum atomic E-state index is -1.90. The Kier molecular flexibility index (Phi) is 2.74. The molecular formula is C7H8BFO4. The molecule has 0 unspecified atom stereocenters. The molecule has 4 nitrogen and oxygen atoms in total. The Balaban J connectivity index is 3.23. The van der Waals surface area contributed by atoms with E-state index in [-0.39, 0.29) is 11.2 Å². The monoisotopic (exact) mass is 186 g/mol. The van der Waals surface area contributed by atoms with Crippen LogP contribution in [0.1, 0.15) is 0 Å². The topological polar surface area (TPSA) is 69.9 Å². The van der Waals surface area contributed by atoms with Crippen molar-refractivity contribution in [3.63, 3.8) is 0 Å². The molecule has 0 aromatic heterocycles. The molecule has 0 saturated heterocycles. The molecule has 0 aliphatic heterocycles. The van der Waals surface area contributed by atoms with Gasteiger partial charge in [-0.15, -0.1) is 0 Å². The fraction of sp³-hybridized carbons (Fsp3) is 0.143. The molecule has 6 heteroatoms. The van der Waals surface area contributed by atoms with Gasteiger partial charge in [-0.3, -0.25) is 0 Å². The number of methoxy groups -OCH3 is 1. The van der Waals surface area contributed by atoms with Crippen LogP contribution in [0.2, 0.25) is 0 Å². The van der Waals surface area contributed by atoms with Crippen LogP contribution < -0.4 is 10.2 Å². The van der Waals surface area contributed by atoms with Gasteiger partial charge in [0.1, 0.15) is 0 Å². The van der Waals surface area contributed by atoms with E-state index >= 15 is 0 Å². The van der Waals surface area contributed by atoms with Crippen LogP contribution in [0, 0.1) is 5.82 Å². The standard InChI is InChI=1S/C7H8BFO4/c1-13-5-3-2-4(8(11)12)7(10)6(5)9/h2-3,10-12H,1H3. The van der Waals surface area contributed by atoms with Crippen molar-refractivity contribution in [2.75, 3.05) is 7.11 Å². The van der Waals surface area contributed by atoms with Crippen molar-refractivity contribution in [3.05, 3.63) is 17.9 Å². The van der Waals surface area contributed by atoms with Gasteiger partial charge in [0, 0.05) is 5.46 Å². The Hall–Kier alpha value is -1.27. The van der Waals surface area contributed by atoms with E-state index in [2.05, 4.69) is 4.74 Å². The smallest absolute Gasteiger partial charge is 0.492 e. The Morgan fingerprint density at radius 1 is 1.38 bits per heavy atom. The van der Waals surface area contributed by atoms with Crippen LogP contribution in [0.15, 0.2) is 12.1 Å². The van der Waals surface area contributed by atoms with Gasteiger partial charge in [-0.05, 0) is 6.07 Å². The molecule has 0 fully saturated rings. The van der Waals surface area contributed by atoms with Crippen LogP contribution in [0.4, 0.5) is 4.39 Å². The summed E-state index contributed by atoms with van der Waals surface area (Å²) < 4.78 is 17.6. The molecule has 0 radical (unpaired) electrons. The minimum Gasteiger partial charge on any atom is -0.505 e. The fourth-order valence-electron chi connectivity index (χ4n) is 0.927. The lowest BCUT2D eigenvalue weighted by molar-refractivity contribution is 0.363. The van der Waals surface area contributed by atoms with Crippen LogP contribution in [-0.4, -0.2) is 29.4 Å². The summed E-state index contributed by atoms with van der Waals surface area (Å²) in [6.07, 6.45) is 0. The fourth-order valence-corrected chi connectivity index (χ4v) is 0.927. The molecule has 0 amide bonds. The average molecular weight is 186 g/mol. The van der Waals surface area contributed by atoms with Gasteiger partial charge in [-0.2, -0.15) is 4.39 Å². The van der Waals surface area contributed by atoms with E-state index in [0.29, 0.717) is 0 Å². The average Bonchev–Trinajstić information content (AvgIpc) is 2.09. The molecule has 0 heterocycles. The molecule has 0 aliphatic carbocycles. The summed E-state index contributed by atoms with van der Waals surface area (Å²) in [4.78, 5) is 0. The number of phenols is 1. The Bertz CT molecular complexity index is 316. The van der Waals surface area contributed by atoms with E-state index in [9.17, 15) is 4.39 Å². The quantitative estimate of drug-likeness (QED) is 0.530. The van der Waals surface area contributed by atoms with Gasteiger partial charge in [0.25, 0.3) is 0 Å². The van der Waals surface area contributed by atoms with Crippen molar-refractivity contribution in [2.24, 2.45) is 0 Å². The number of aromatic hydroxyl groups is 1. The minimum absolute atomic E-state index is 0.151. The van der Waals surface area contributed by atoms with Gasteiger partial charge in [0.15, 0.2) is 11.5 Å². The number of hydrogen-bond acceptors (Lipinski definition) is 4. The number of phenolic OH excluding ortho intramolecular Hbond substituents is 1. The normalized spacial score (nSPS) is 9.85. The lowest BCUT2D eigenvalue weighted by atomic mass is 9.79. The zero-order chi connectivity index (χ0) is 10.0. The van der Waals surface area contributed by atoms with E-state index in [4.69, 9.17) is 15.2 Å². The zero-order valence-electron chi connectivity index (χ0n) is 6.86. The molecule has 13 heavy (non-hydrogen) atoms. The van der Waals surface area contributed by atoms with Gasteiger partial charge in [0.05, 0.1) is 7.11 Å². The first-order valence-electron chi connectivity index (χ1n) is 3.49. The van der Waals surface area contributed by atoms with Gasteiger partial charge < -0.3 is 19.9 Å². The Morgan fingerprint density at radius 3 is 2.46 bits per heavy atom. The summed E-state index contributed by atoms with van der Waals surface area (Å²) in [5.74, 6) is -1.97. The molecule has 0 spiro atoms. The van der Waals surface area contributed by atoms with E-state index in [0.717, 1.165) is 0 Å². The van der Waals surface area contributed by atoms with E-state index < -0.39 is 18.7 Å². The highest BCUT2D eigenvalue weighted by atomic mass is 19.1. The van der Waals surface area contributed by atoms with Crippen LogP contribution >= 0.6 is 0 Å². The summed E-state index contributed by atoms with van der Waals surface area (Å²) >= 11 is 0. The molecule has 3 N–H and O–H groups in total. The van der Waals surface area contributed by atoms with Crippen molar-refractivity contribution in [1.29, 1.82) is 0 Å². The maximum atomic E-state index is 13.0. The molecule has 1 aromatic rings. The van der Waals surface area contributed by atoms with Crippen molar-refractivity contribution in [1.82, 2.24) is 0 Å². The van der Waals surface area contributed by atoms with E-state index in [1.165, 1.54) is 19.2 Å². The van der Waals surface area contributed by atoms with Crippen molar-refractivity contribution in [3.8, 4) is 11.5 Å². The summed E-state index contributed by atoms with van der Waals surface area (Å²) in [7, 11) is -0.659. The first kappa shape index (κ1) is 9.82. The number of halogens is 1. The summed E-state index contributed by atoms with van der Waals surface area (Å²) in [6.45, 7) is 0. The lowest BCUT2D eigenvalue weighted by Crippen LogP contribution is -2.30. The molecule has 70 valence electrons. The molecule has 0 atom stereocenters. The van der Waals surface area contributed by atoms with Gasteiger partial charge in [-0.1, -0.05) is 6.07 Å². The third kappa shape index (κ3) is 1.73. The second kappa shape index (κ2) is 3.63. The number of benzene rings is 1. The highest BCUT2D eigenvalue weighted by Crippen LogP contribution is 2.23. The van der Waals surface area contributed by atoms with Crippen LogP contribution in [-0.2, 0) is 0 Å². The van der Waals surface area contributed by atoms with Crippen molar-refractivity contribution < 1.29 is 24.3 Å². The van der Waals surface area contributed by atoms with E-state index in [1.54, 1.807) is 0 Å². The maximum Gasteiger partial charge on any atom is 0.492 e. The third-order valence-corrected chi connectivity index (χ3v) is 1.61. The van der Waals surface area contributed by atoms with Crippen molar-refractivity contribution in [2.45, 2.75) is 0 Å². The Morgan fingerprint density at radius 2 is 2.00 bits per heavy atom. The number of hydrogen-bond donors (Lipinski definition) is 3. The predicted molar refractivity (Wildman–Crippen MR) is 44.4 cm³/mol. The van der Waals surface area contributed by atoms with Crippen LogP contribution in [0.3, 0.4) is 0 Å². The molecule has 1 rings (SSSR count). The Labute approximate surface area is 74.4 Å². The lowest BCUT2D eigenvalue weighted by Gasteiger charge is -2.07. The van der Waals surface area contributed by atoms with Gasteiger partial charge in [-0.25, -0.2) is 0 Å². The maximum absolute atomic E-state index is 13.0. The van der Waals surface area contributed by atoms with Crippen molar-refractivity contribution >= 4 is 12.6 Å². The first-order valence-corrected chi connectivity index (χ1v) is 3.49. The zero-order valence-corrected chi connectivity index (χ0v) is 6.86. The molecule has 1 aromatic carbocycles. The summed E-state index contributed by atoms with van der Waals surface area (Å²) in [6, 6.07) is 2.37.